The molecule has 0 heterocycles. The third kappa shape index (κ3) is 4.04. The third-order valence-corrected chi connectivity index (χ3v) is 5.74. The second-order valence-corrected chi connectivity index (χ2v) is 7.20. The van der Waals surface area contributed by atoms with Crippen molar-refractivity contribution in [3.05, 3.63) is 29.8 Å². The number of nitrogens with one attached hydrogen (secondary N) is 1. The SMILES string of the molecule is COc1cccc(C(C)NC(=O)C2CC3CCCC(C2)C3N)c1.Cl. The largest absolute Gasteiger partial charge is 0.497 e. The number of ether oxygens (including phenoxy) is 1. The molecular formula is C19H29ClN2O2. The highest BCUT2D eigenvalue weighted by Crippen LogP contribution is 2.42. The summed E-state index contributed by atoms with van der Waals surface area (Å²) in [5.41, 5.74) is 7.40. The first-order valence-electron chi connectivity index (χ1n) is 8.78. The molecule has 3 rings (SSSR count). The Morgan fingerprint density at radius 3 is 2.58 bits per heavy atom. The molecule has 4 nitrogen and oxygen atoms in total. The summed E-state index contributed by atoms with van der Waals surface area (Å²) in [6.45, 7) is 2.03. The summed E-state index contributed by atoms with van der Waals surface area (Å²) in [5.74, 6) is 2.19. The lowest BCUT2D eigenvalue weighted by molar-refractivity contribution is -0.128. The van der Waals surface area contributed by atoms with Crippen LogP contribution in [0.15, 0.2) is 24.3 Å². The van der Waals surface area contributed by atoms with Crippen molar-refractivity contribution in [1.82, 2.24) is 5.32 Å². The first kappa shape index (κ1) is 19.1. The topological polar surface area (TPSA) is 64.3 Å². The van der Waals surface area contributed by atoms with Gasteiger partial charge in [-0.05, 0) is 62.1 Å². The molecule has 0 spiro atoms. The highest BCUT2D eigenvalue weighted by Gasteiger charge is 2.40. The molecule has 3 atom stereocenters. The second kappa shape index (κ2) is 8.21. The molecule has 5 heteroatoms. The molecular weight excluding hydrogens is 324 g/mol. The summed E-state index contributed by atoms with van der Waals surface area (Å²) in [4.78, 5) is 12.7. The van der Waals surface area contributed by atoms with E-state index in [1.807, 2.05) is 31.2 Å². The van der Waals surface area contributed by atoms with Gasteiger partial charge in [0.15, 0.2) is 0 Å². The van der Waals surface area contributed by atoms with Crippen LogP contribution >= 0.6 is 12.4 Å². The summed E-state index contributed by atoms with van der Waals surface area (Å²) >= 11 is 0. The van der Waals surface area contributed by atoms with Gasteiger partial charge in [-0.2, -0.15) is 0 Å². The highest BCUT2D eigenvalue weighted by molar-refractivity contribution is 5.85. The van der Waals surface area contributed by atoms with Gasteiger partial charge in [0.2, 0.25) is 5.91 Å². The molecule has 24 heavy (non-hydrogen) atoms. The number of carbonyl (C=O) groups excluding carboxylic acids is 1. The number of halogens is 1. The fraction of sp³-hybridized carbons (Fsp3) is 0.632. The van der Waals surface area contributed by atoms with E-state index in [1.54, 1.807) is 7.11 Å². The third-order valence-electron chi connectivity index (χ3n) is 5.74. The number of benzene rings is 1. The van der Waals surface area contributed by atoms with Crippen LogP contribution in [0.5, 0.6) is 5.75 Å². The first-order valence-corrected chi connectivity index (χ1v) is 8.78. The molecule has 2 saturated carbocycles. The number of rotatable bonds is 4. The van der Waals surface area contributed by atoms with E-state index in [2.05, 4.69) is 5.32 Å². The van der Waals surface area contributed by atoms with E-state index in [1.165, 1.54) is 19.3 Å². The predicted molar refractivity (Wildman–Crippen MR) is 98.3 cm³/mol. The minimum absolute atomic E-state index is 0. The van der Waals surface area contributed by atoms with Gasteiger partial charge in [-0.3, -0.25) is 4.79 Å². The molecule has 1 aromatic rings. The zero-order chi connectivity index (χ0) is 16.4. The van der Waals surface area contributed by atoms with Crippen LogP contribution in [0.2, 0.25) is 0 Å². The fourth-order valence-electron chi connectivity index (χ4n) is 4.33. The Morgan fingerprint density at radius 1 is 1.29 bits per heavy atom. The lowest BCUT2D eigenvalue weighted by Crippen LogP contribution is -2.49. The van der Waals surface area contributed by atoms with Crippen molar-refractivity contribution in [1.29, 1.82) is 0 Å². The van der Waals surface area contributed by atoms with E-state index in [4.69, 9.17) is 10.5 Å². The van der Waals surface area contributed by atoms with Gasteiger partial charge in [-0.1, -0.05) is 18.6 Å². The second-order valence-electron chi connectivity index (χ2n) is 7.20. The van der Waals surface area contributed by atoms with Crippen molar-refractivity contribution in [2.75, 3.05) is 7.11 Å². The number of carbonyl (C=O) groups is 1. The zero-order valence-electron chi connectivity index (χ0n) is 14.5. The van der Waals surface area contributed by atoms with Crippen LogP contribution in [0, 0.1) is 17.8 Å². The number of nitrogens with two attached hydrogens (primary N) is 1. The van der Waals surface area contributed by atoms with Crippen LogP contribution < -0.4 is 15.8 Å². The van der Waals surface area contributed by atoms with Crippen LogP contribution in [0.1, 0.15) is 50.6 Å². The minimum atomic E-state index is -0.00644. The number of fused-ring (bicyclic) bond motifs is 2. The maximum absolute atomic E-state index is 12.7. The fourth-order valence-corrected chi connectivity index (χ4v) is 4.33. The van der Waals surface area contributed by atoms with E-state index in [0.29, 0.717) is 17.9 Å². The van der Waals surface area contributed by atoms with Crippen LogP contribution in [0.3, 0.4) is 0 Å². The normalized spacial score (nSPS) is 30.0. The van der Waals surface area contributed by atoms with E-state index < -0.39 is 0 Å². The molecule has 2 aliphatic rings. The molecule has 2 aliphatic carbocycles. The van der Waals surface area contributed by atoms with E-state index in [-0.39, 0.29) is 30.3 Å². The molecule has 0 saturated heterocycles. The Morgan fingerprint density at radius 2 is 1.96 bits per heavy atom. The van der Waals surface area contributed by atoms with Crippen molar-refractivity contribution in [2.24, 2.45) is 23.5 Å². The maximum atomic E-state index is 12.7. The maximum Gasteiger partial charge on any atom is 0.223 e. The predicted octanol–water partition coefficient (Wildman–Crippen LogP) is 3.45. The number of hydrogen-bond acceptors (Lipinski definition) is 3. The van der Waals surface area contributed by atoms with Gasteiger partial charge in [0.05, 0.1) is 13.2 Å². The summed E-state index contributed by atoms with van der Waals surface area (Å²) < 4.78 is 5.26. The Hall–Kier alpha value is -1.26. The Labute approximate surface area is 150 Å². The molecule has 3 N–H and O–H groups in total. The summed E-state index contributed by atoms with van der Waals surface area (Å²) in [6, 6.07) is 8.19. The average Bonchev–Trinajstić information content (AvgIpc) is 2.54. The van der Waals surface area contributed by atoms with E-state index in [9.17, 15) is 4.79 Å². The minimum Gasteiger partial charge on any atom is -0.497 e. The molecule has 1 amide bonds. The molecule has 2 bridgehead atoms. The van der Waals surface area contributed by atoms with Gasteiger partial charge in [0, 0.05) is 12.0 Å². The lowest BCUT2D eigenvalue weighted by Gasteiger charge is -2.43. The van der Waals surface area contributed by atoms with Gasteiger partial charge in [0.1, 0.15) is 5.75 Å². The standard InChI is InChI=1S/C19H28N2O2.ClH/c1-12(13-5-4-8-17(11-13)23-2)21-19(22)16-9-14-6-3-7-15(10-16)18(14)20;/h4-5,8,11-12,14-16,18H,3,6-7,9-10,20H2,1-2H3,(H,21,22);1H. The molecule has 1 aromatic carbocycles. The molecule has 3 unspecified atom stereocenters. The summed E-state index contributed by atoms with van der Waals surface area (Å²) in [6.07, 6.45) is 5.56. The highest BCUT2D eigenvalue weighted by atomic mass is 35.5. The van der Waals surface area contributed by atoms with E-state index >= 15 is 0 Å². The van der Waals surface area contributed by atoms with Crippen molar-refractivity contribution < 1.29 is 9.53 Å². The van der Waals surface area contributed by atoms with Gasteiger partial charge >= 0.3 is 0 Å². The number of amides is 1. The molecule has 0 aromatic heterocycles. The first-order chi connectivity index (χ1) is 11.1. The van der Waals surface area contributed by atoms with Crippen molar-refractivity contribution in [3.8, 4) is 5.75 Å². The lowest BCUT2D eigenvalue weighted by atomic mass is 9.65. The zero-order valence-corrected chi connectivity index (χ0v) is 15.4. The van der Waals surface area contributed by atoms with Gasteiger partial charge in [-0.15, -0.1) is 12.4 Å². The summed E-state index contributed by atoms with van der Waals surface area (Å²) in [5, 5.41) is 3.19. The molecule has 134 valence electrons. The van der Waals surface area contributed by atoms with Crippen LogP contribution in [0.25, 0.3) is 0 Å². The van der Waals surface area contributed by atoms with Gasteiger partial charge in [0.25, 0.3) is 0 Å². The van der Waals surface area contributed by atoms with Crippen molar-refractivity contribution >= 4 is 18.3 Å². The Kier molecular flexibility index (Phi) is 6.53. The van der Waals surface area contributed by atoms with Gasteiger partial charge < -0.3 is 15.8 Å². The van der Waals surface area contributed by atoms with Crippen molar-refractivity contribution in [2.45, 2.75) is 51.1 Å². The van der Waals surface area contributed by atoms with Gasteiger partial charge in [-0.25, -0.2) is 0 Å². The Balaban J connectivity index is 0.00000208. The summed E-state index contributed by atoms with van der Waals surface area (Å²) in [7, 11) is 1.66. The van der Waals surface area contributed by atoms with Crippen LogP contribution in [-0.2, 0) is 4.79 Å². The van der Waals surface area contributed by atoms with Crippen LogP contribution in [-0.4, -0.2) is 19.1 Å². The smallest absolute Gasteiger partial charge is 0.223 e. The molecule has 0 radical (unpaired) electrons. The molecule has 2 fully saturated rings. The monoisotopic (exact) mass is 352 g/mol. The number of hydrogen-bond donors (Lipinski definition) is 2. The van der Waals surface area contributed by atoms with E-state index in [0.717, 1.165) is 24.2 Å². The Bertz CT molecular complexity index is 552. The van der Waals surface area contributed by atoms with Crippen molar-refractivity contribution in [3.63, 3.8) is 0 Å². The number of methoxy groups -OCH3 is 1. The average molecular weight is 353 g/mol. The quantitative estimate of drug-likeness (QED) is 0.872. The van der Waals surface area contributed by atoms with Crippen LogP contribution in [0.4, 0.5) is 0 Å². The molecule has 0 aliphatic heterocycles.